The molecular formula is C27H31N3O2. The molecule has 0 bridgehead atoms. The molecule has 32 heavy (non-hydrogen) atoms. The summed E-state index contributed by atoms with van der Waals surface area (Å²) in [5.74, 6) is 0. The number of nitrogens with zero attached hydrogens (tertiary/aromatic N) is 2. The van der Waals surface area contributed by atoms with Crippen LogP contribution in [0.15, 0.2) is 78.9 Å². The summed E-state index contributed by atoms with van der Waals surface area (Å²) in [6.07, 6.45) is 0. The maximum absolute atomic E-state index is 12.9. The third-order valence-corrected chi connectivity index (χ3v) is 5.90. The molecule has 166 valence electrons. The Bertz CT molecular complexity index is 1020. The van der Waals surface area contributed by atoms with Crippen LogP contribution in [0, 0.1) is 0 Å². The molecule has 0 spiro atoms. The summed E-state index contributed by atoms with van der Waals surface area (Å²) in [5, 5.41) is 3.10. The van der Waals surface area contributed by atoms with Gasteiger partial charge in [-0.3, -0.25) is 4.90 Å². The minimum Gasteiger partial charge on any atom is -0.379 e. The SMILES string of the molecule is CN(Cc1ccccc1-c1ccccc1)C(=O)NCc1ccccc1CN1CCOCC1. The molecule has 4 rings (SSSR count). The molecule has 3 aromatic carbocycles. The molecule has 0 aromatic heterocycles. The van der Waals surface area contributed by atoms with E-state index < -0.39 is 0 Å². The van der Waals surface area contributed by atoms with Crippen molar-refractivity contribution in [2.45, 2.75) is 19.6 Å². The zero-order valence-electron chi connectivity index (χ0n) is 18.7. The number of hydrogen-bond donors (Lipinski definition) is 1. The van der Waals surface area contributed by atoms with Gasteiger partial charge in [-0.1, -0.05) is 78.9 Å². The number of hydrogen-bond acceptors (Lipinski definition) is 3. The largest absolute Gasteiger partial charge is 0.379 e. The Morgan fingerprint density at radius 3 is 2.25 bits per heavy atom. The summed E-state index contributed by atoms with van der Waals surface area (Å²) in [5.41, 5.74) is 5.86. The Morgan fingerprint density at radius 1 is 0.875 bits per heavy atom. The van der Waals surface area contributed by atoms with Gasteiger partial charge in [-0.05, 0) is 27.8 Å². The Labute approximate surface area is 190 Å². The number of nitrogens with one attached hydrogen (secondary N) is 1. The van der Waals surface area contributed by atoms with Crippen LogP contribution < -0.4 is 5.32 Å². The van der Waals surface area contributed by atoms with Crippen molar-refractivity contribution in [1.29, 1.82) is 0 Å². The summed E-state index contributed by atoms with van der Waals surface area (Å²) in [4.78, 5) is 17.0. The van der Waals surface area contributed by atoms with Crippen LogP contribution in [0.5, 0.6) is 0 Å². The molecule has 5 heteroatoms. The van der Waals surface area contributed by atoms with Crippen LogP contribution in [0.4, 0.5) is 4.79 Å². The molecule has 1 fully saturated rings. The molecule has 0 saturated carbocycles. The van der Waals surface area contributed by atoms with E-state index in [0.29, 0.717) is 13.1 Å². The van der Waals surface area contributed by atoms with E-state index in [0.717, 1.165) is 55.1 Å². The van der Waals surface area contributed by atoms with Crippen molar-refractivity contribution in [2.75, 3.05) is 33.4 Å². The lowest BCUT2D eigenvalue weighted by Gasteiger charge is -2.27. The van der Waals surface area contributed by atoms with Crippen LogP contribution in [-0.2, 0) is 24.4 Å². The summed E-state index contributed by atoms with van der Waals surface area (Å²) in [6, 6.07) is 26.8. The van der Waals surface area contributed by atoms with Crippen molar-refractivity contribution in [3.63, 3.8) is 0 Å². The van der Waals surface area contributed by atoms with Gasteiger partial charge in [0.25, 0.3) is 0 Å². The van der Waals surface area contributed by atoms with E-state index in [9.17, 15) is 4.79 Å². The van der Waals surface area contributed by atoms with Crippen molar-refractivity contribution in [3.8, 4) is 11.1 Å². The van der Waals surface area contributed by atoms with Crippen LogP contribution >= 0.6 is 0 Å². The zero-order valence-corrected chi connectivity index (χ0v) is 18.7. The third-order valence-electron chi connectivity index (χ3n) is 5.90. The second-order valence-corrected chi connectivity index (χ2v) is 8.20. The number of rotatable bonds is 7. The van der Waals surface area contributed by atoms with E-state index >= 15 is 0 Å². The maximum atomic E-state index is 12.9. The van der Waals surface area contributed by atoms with Gasteiger partial charge in [0.1, 0.15) is 0 Å². The summed E-state index contributed by atoms with van der Waals surface area (Å²) < 4.78 is 5.45. The van der Waals surface area contributed by atoms with Crippen molar-refractivity contribution in [2.24, 2.45) is 0 Å². The number of carbonyl (C=O) groups is 1. The second-order valence-electron chi connectivity index (χ2n) is 8.20. The third kappa shape index (κ3) is 5.75. The van der Waals surface area contributed by atoms with Crippen LogP contribution in [0.2, 0.25) is 0 Å². The molecule has 2 amide bonds. The molecule has 1 saturated heterocycles. The number of morpholine rings is 1. The molecule has 0 unspecified atom stereocenters. The summed E-state index contributed by atoms with van der Waals surface area (Å²) in [6.45, 7) is 5.42. The van der Waals surface area contributed by atoms with E-state index in [1.165, 1.54) is 5.56 Å². The van der Waals surface area contributed by atoms with E-state index in [1.54, 1.807) is 4.90 Å². The molecule has 3 aromatic rings. The maximum Gasteiger partial charge on any atom is 0.317 e. The van der Waals surface area contributed by atoms with Gasteiger partial charge in [-0.2, -0.15) is 0 Å². The minimum atomic E-state index is -0.0750. The lowest BCUT2D eigenvalue weighted by atomic mass is 9.99. The zero-order chi connectivity index (χ0) is 22.2. The van der Waals surface area contributed by atoms with Gasteiger partial charge in [0.2, 0.25) is 0 Å². The first-order valence-electron chi connectivity index (χ1n) is 11.2. The predicted octanol–water partition coefficient (Wildman–Crippen LogP) is 4.53. The van der Waals surface area contributed by atoms with E-state index in [-0.39, 0.29) is 6.03 Å². The van der Waals surface area contributed by atoms with Gasteiger partial charge in [-0.25, -0.2) is 4.79 Å². The van der Waals surface area contributed by atoms with Crippen molar-refractivity contribution < 1.29 is 9.53 Å². The monoisotopic (exact) mass is 429 g/mol. The smallest absolute Gasteiger partial charge is 0.317 e. The minimum absolute atomic E-state index is 0.0750. The van der Waals surface area contributed by atoms with Crippen LogP contribution in [-0.4, -0.2) is 49.2 Å². The van der Waals surface area contributed by atoms with Gasteiger partial charge in [0.05, 0.1) is 13.2 Å². The molecule has 1 N–H and O–H groups in total. The van der Waals surface area contributed by atoms with Crippen molar-refractivity contribution in [3.05, 3.63) is 95.6 Å². The summed E-state index contributed by atoms with van der Waals surface area (Å²) in [7, 11) is 1.84. The average Bonchev–Trinajstić information content (AvgIpc) is 2.85. The fourth-order valence-corrected chi connectivity index (χ4v) is 4.08. The van der Waals surface area contributed by atoms with Crippen molar-refractivity contribution >= 4 is 6.03 Å². The quantitative estimate of drug-likeness (QED) is 0.600. The van der Waals surface area contributed by atoms with Gasteiger partial charge in [-0.15, -0.1) is 0 Å². The molecule has 1 aliphatic heterocycles. The van der Waals surface area contributed by atoms with Crippen molar-refractivity contribution in [1.82, 2.24) is 15.1 Å². The number of ether oxygens (including phenoxy) is 1. The summed E-state index contributed by atoms with van der Waals surface area (Å²) >= 11 is 0. The molecule has 0 radical (unpaired) electrons. The highest BCUT2D eigenvalue weighted by atomic mass is 16.5. The first kappa shape index (κ1) is 22.1. The predicted molar refractivity (Wildman–Crippen MR) is 128 cm³/mol. The van der Waals surface area contributed by atoms with E-state index in [2.05, 4.69) is 52.7 Å². The van der Waals surface area contributed by atoms with Crippen LogP contribution in [0.3, 0.4) is 0 Å². The Kier molecular flexibility index (Phi) is 7.54. The molecule has 1 aliphatic rings. The lowest BCUT2D eigenvalue weighted by molar-refractivity contribution is 0.0341. The number of carbonyl (C=O) groups excluding carboxylic acids is 1. The van der Waals surface area contributed by atoms with E-state index in [1.807, 2.05) is 43.4 Å². The Hall–Kier alpha value is -3.15. The fraction of sp³-hybridized carbons (Fsp3) is 0.296. The van der Waals surface area contributed by atoms with Gasteiger partial charge in [0.15, 0.2) is 0 Å². The second kappa shape index (κ2) is 10.9. The van der Waals surface area contributed by atoms with Gasteiger partial charge < -0.3 is 15.0 Å². The Balaban J connectivity index is 1.37. The molecule has 5 nitrogen and oxygen atoms in total. The standard InChI is InChI=1S/C27H31N3O2/c1-29(20-25-13-7-8-14-26(25)22-9-3-2-4-10-22)27(31)28-19-23-11-5-6-12-24(23)21-30-15-17-32-18-16-30/h2-14H,15-21H2,1H3,(H,28,31). The van der Waals surface area contributed by atoms with Crippen LogP contribution in [0.25, 0.3) is 11.1 Å². The number of amides is 2. The highest BCUT2D eigenvalue weighted by Crippen LogP contribution is 2.24. The van der Waals surface area contributed by atoms with Gasteiger partial charge >= 0.3 is 6.03 Å². The number of urea groups is 1. The topological polar surface area (TPSA) is 44.8 Å². The molecule has 0 aliphatic carbocycles. The van der Waals surface area contributed by atoms with E-state index in [4.69, 9.17) is 4.74 Å². The van der Waals surface area contributed by atoms with Crippen LogP contribution in [0.1, 0.15) is 16.7 Å². The fourth-order valence-electron chi connectivity index (χ4n) is 4.08. The lowest BCUT2D eigenvalue weighted by Crippen LogP contribution is -2.37. The molecule has 0 atom stereocenters. The average molecular weight is 430 g/mol. The Morgan fingerprint density at radius 2 is 1.50 bits per heavy atom. The highest BCUT2D eigenvalue weighted by molar-refractivity contribution is 5.75. The first-order chi connectivity index (χ1) is 15.7. The van der Waals surface area contributed by atoms with Gasteiger partial charge in [0, 0.05) is 39.8 Å². The normalized spacial score (nSPS) is 14.2. The molecular weight excluding hydrogens is 398 g/mol. The number of benzene rings is 3. The first-order valence-corrected chi connectivity index (χ1v) is 11.2. The molecule has 1 heterocycles. The highest BCUT2D eigenvalue weighted by Gasteiger charge is 2.15.